The third-order valence-electron chi connectivity index (χ3n) is 5.01. The van der Waals surface area contributed by atoms with Crippen LogP contribution in [0.25, 0.3) is 0 Å². The molecular formula is C24H31N3O3. The van der Waals surface area contributed by atoms with Crippen LogP contribution < -0.4 is 20.3 Å². The molecule has 30 heavy (non-hydrogen) atoms. The lowest BCUT2D eigenvalue weighted by Gasteiger charge is -2.29. The normalized spacial score (nSPS) is 15.2. The van der Waals surface area contributed by atoms with E-state index in [1.54, 1.807) is 11.0 Å². The summed E-state index contributed by atoms with van der Waals surface area (Å²) in [6.45, 7) is 9.39. The molecule has 0 saturated carbocycles. The number of nitrogens with zero attached hydrogens (tertiary/aromatic N) is 1. The Bertz CT molecular complexity index is 894. The zero-order valence-corrected chi connectivity index (χ0v) is 18.2. The zero-order valence-electron chi connectivity index (χ0n) is 18.2. The van der Waals surface area contributed by atoms with Gasteiger partial charge >= 0.3 is 6.03 Å². The van der Waals surface area contributed by atoms with Gasteiger partial charge in [0, 0.05) is 18.8 Å². The molecule has 1 aliphatic heterocycles. The first-order valence-corrected chi connectivity index (χ1v) is 10.4. The van der Waals surface area contributed by atoms with Gasteiger partial charge in [-0.25, -0.2) is 4.79 Å². The molecule has 0 spiro atoms. The van der Waals surface area contributed by atoms with E-state index in [-0.39, 0.29) is 11.9 Å². The SMILES string of the molecule is CC(C)CN1C(=O)C(C)(C)COc2ccc(NC(=O)NCCc3ccccc3)cc21. The van der Waals surface area contributed by atoms with Gasteiger partial charge in [-0.05, 0) is 49.9 Å². The van der Waals surface area contributed by atoms with E-state index in [2.05, 4.69) is 24.5 Å². The molecule has 1 aliphatic rings. The summed E-state index contributed by atoms with van der Waals surface area (Å²) in [6.07, 6.45) is 0.762. The minimum absolute atomic E-state index is 0.0272. The van der Waals surface area contributed by atoms with Gasteiger partial charge in [0.05, 0.1) is 11.1 Å². The lowest BCUT2D eigenvalue weighted by atomic mass is 9.92. The highest BCUT2D eigenvalue weighted by Gasteiger charge is 2.38. The van der Waals surface area contributed by atoms with E-state index in [0.29, 0.717) is 42.7 Å². The predicted octanol–water partition coefficient (Wildman–Crippen LogP) is 4.46. The molecule has 6 heteroatoms. The quantitative estimate of drug-likeness (QED) is 0.740. The van der Waals surface area contributed by atoms with E-state index in [4.69, 9.17) is 4.74 Å². The number of anilines is 2. The number of hydrogen-bond donors (Lipinski definition) is 2. The van der Waals surface area contributed by atoms with Gasteiger partial charge in [-0.15, -0.1) is 0 Å². The van der Waals surface area contributed by atoms with Crippen molar-refractivity contribution in [3.8, 4) is 5.75 Å². The van der Waals surface area contributed by atoms with Crippen molar-refractivity contribution < 1.29 is 14.3 Å². The van der Waals surface area contributed by atoms with Crippen molar-refractivity contribution in [1.29, 1.82) is 0 Å². The van der Waals surface area contributed by atoms with Crippen molar-refractivity contribution in [2.24, 2.45) is 11.3 Å². The molecular weight excluding hydrogens is 378 g/mol. The molecule has 2 N–H and O–H groups in total. The number of ether oxygens (including phenoxy) is 1. The lowest BCUT2D eigenvalue weighted by Crippen LogP contribution is -2.43. The molecule has 0 atom stereocenters. The number of hydrogen-bond acceptors (Lipinski definition) is 3. The molecule has 2 aromatic carbocycles. The molecule has 3 rings (SSSR count). The summed E-state index contributed by atoms with van der Waals surface area (Å²) in [5, 5.41) is 5.74. The molecule has 0 aliphatic carbocycles. The summed E-state index contributed by atoms with van der Waals surface area (Å²) in [5.41, 5.74) is 1.87. The number of amides is 3. The van der Waals surface area contributed by atoms with Crippen molar-refractivity contribution in [1.82, 2.24) is 5.32 Å². The number of urea groups is 1. The first-order valence-electron chi connectivity index (χ1n) is 10.4. The monoisotopic (exact) mass is 409 g/mol. The van der Waals surface area contributed by atoms with Crippen LogP contribution in [0.4, 0.5) is 16.2 Å². The molecule has 0 bridgehead atoms. The molecule has 2 aromatic rings. The van der Waals surface area contributed by atoms with Gasteiger partial charge in [-0.2, -0.15) is 0 Å². The van der Waals surface area contributed by atoms with E-state index >= 15 is 0 Å². The highest BCUT2D eigenvalue weighted by atomic mass is 16.5. The summed E-state index contributed by atoms with van der Waals surface area (Å²) >= 11 is 0. The van der Waals surface area contributed by atoms with Gasteiger partial charge in [0.2, 0.25) is 5.91 Å². The third kappa shape index (κ3) is 5.32. The van der Waals surface area contributed by atoms with Gasteiger partial charge in [0.1, 0.15) is 12.4 Å². The van der Waals surface area contributed by atoms with Crippen LogP contribution in [0.2, 0.25) is 0 Å². The number of fused-ring (bicyclic) bond motifs is 1. The fraction of sp³-hybridized carbons (Fsp3) is 0.417. The molecule has 0 aromatic heterocycles. The van der Waals surface area contributed by atoms with E-state index in [0.717, 1.165) is 6.42 Å². The first kappa shape index (κ1) is 21.7. The summed E-state index contributed by atoms with van der Waals surface area (Å²) < 4.78 is 5.93. The second kappa shape index (κ2) is 9.20. The molecule has 1 heterocycles. The molecule has 6 nitrogen and oxygen atoms in total. The number of benzene rings is 2. The van der Waals surface area contributed by atoms with E-state index in [1.807, 2.05) is 56.3 Å². The lowest BCUT2D eigenvalue weighted by molar-refractivity contribution is -0.127. The van der Waals surface area contributed by atoms with Crippen LogP contribution in [0.5, 0.6) is 5.75 Å². The highest BCUT2D eigenvalue weighted by Crippen LogP contribution is 2.38. The molecule has 160 valence electrons. The number of carbonyl (C=O) groups is 2. The molecule has 0 unspecified atom stereocenters. The molecule has 0 radical (unpaired) electrons. The summed E-state index contributed by atoms with van der Waals surface area (Å²) in [5.74, 6) is 0.984. The van der Waals surface area contributed by atoms with Crippen LogP contribution >= 0.6 is 0 Å². The fourth-order valence-electron chi connectivity index (χ4n) is 3.41. The Balaban J connectivity index is 1.70. The smallest absolute Gasteiger partial charge is 0.319 e. The Morgan fingerprint density at radius 1 is 1.17 bits per heavy atom. The second-order valence-corrected chi connectivity index (χ2v) is 8.78. The van der Waals surface area contributed by atoms with Gasteiger partial charge in [0.25, 0.3) is 0 Å². The zero-order chi connectivity index (χ0) is 21.7. The average molecular weight is 410 g/mol. The summed E-state index contributed by atoms with van der Waals surface area (Å²) in [6, 6.07) is 15.2. The van der Waals surface area contributed by atoms with Gasteiger partial charge in [0.15, 0.2) is 0 Å². The van der Waals surface area contributed by atoms with Crippen molar-refractivity contribution in [3.05, 3.63) is 54.1 Å². The number of rotatable bonds is 6. The van der Waals surface area contributed by atoms with Crippen molar-refractivity contribution in [3.63, 3.8) is 0 Å². The highest BCUT2D eigenvalue weighted by molar-refractivity contribution is 6.00. The fourth-order valence-corrected chi connectivity index (χ4v) is 3.41. The molecule has 0 fully saturated rings. The standard InChI is InChI=1S/C24H31N3O3/c1-17(2)15-27-20-14-19(10-11-21(20)30-16-24(3,4)22(27)28)26-23(29)25-13-12-18-8-6-5-7-9-18/h5-11,14,17H,12-13,15-16H2,1-4H3,(H2,25,26,29). The summed E-state index contributed by atoms with van der Waals surface area (Å²) in [4.78, 5) is 27.2. The van der Waals surface area contributed by atoms with Gasteiger partial charge in [-0.1, -0.05) is 44.2 Å². The van der Waals surface area contributed by atoms with Crippen LogP contribution in [-0.2, 0) is 11.2 Å². The van der Waals surface area contributed by atoms with Gasteiger partial charge in [-0.3, -0.25) is 4.79 Å². The van der Waals surface area contributed by atoms with E-state index in [9.17, 15) is 9.59 Å². The summed E-state index contributed by atoms with van der Waals surface area (Å²) in [7, 11) is 0. The number of carbonyl (C=O) groups excluding carboxylic acids is 2. The van der Waals surface area contributed by atoms with Crippen molar-refractivity contribution in [2.75, 3.05) is 29.9 Å². The maximum atomic E-state index is 13.1. The van der Waals surface area contributed by atoms with Crippen LogP contribution in [0, 0.1) is 11.3 Å². The van der Waals surface area contributed by atoms with E-state index < -0.39 is 5.41 Å². The van der Waals surface area contributed by atoms with Gasteiger partial charge < -0.3 is 20.3 Å². The van der Waals surface area contributed by atoms with E-state index in [1.165, 1.54) is 5.56 Å². The Morgan fingerprint density at radius 2 is 1.90 bits per heavy atom. The Morgan fingerprint density at radius 3 is 2.60 bits per heavy atom. The molecule has 3 amide bonds. The van der Waals surface area contributed by atoms with Crippen LogP contribution in [-0.4, -0.2) is 31.6 Å². The largest absolute Gasteiger partial charge is 0.490 e. The van der Waals surface area contributed by atoms with Crippen LogP contribution in [0.3, 0.4) is 0 Å². The maximum Gasteiger partial charge on any atom is 0.319 e. The predicted molar refractivity (Wildman–Crippen MR) is 120 cm³/mol. The molecule has 0 saturated heterocycles. The Labute approximate surface area is 178 Å². The second-order valence-electron chi connectivity index (χ2n) is 8.78. The third-order valence-corrected chi connectivity index (χ3v) is 5.01. The number of nitrogens with one attached hydrogen (secondary N) is 2. The minimum Gasteiger partial charge on any atom is -0.490 e. The van der Waals surface area contributed by atoms with Crippen molar-refractivity contribution in [2.45, 2.75) is 34.1 Å². The average Bonchev–Trinajstić information content (AvgIpc) is 2.79. The topological polar surface area (TPSA) is 70.7 Å². The van der Waals surface area contributed by atoms with Crippen LogP contribution in [0.1, 0.15) is 33.3 Å². The minimum atomic E-state index is -0.615. The maximum absolute atomic E-state index is 13.1. The first-order chi connectivity index (χ1) is 14.3. The van der Waals surface area contributed by atoms with Crippen molar-refractivity contribution >= 4 is 23.3 Å². The van der Waals surface area contributed by atoms with Crippen LogP contribution in [0.15, 0.2) is 48.5 Å². The Kier molecular flexibility index (Phi) is 6.65. The Hall–Kier alpha value is -3.02.